The van der Waals surface area contributed by atoms with Gasteiger partial charge in [0.2, 0.25) is 0 Å². The molecule has 1 fully saturated rings. The van der Waals surface area contributed by atoms with Gasteiger partial charge in [-0.15, -0.1) is 0 Å². The van der Waals surface area contributed by atoms with Crippen LogP contribution in [-0.4, -0.2) is 47.8 Å². The van der Waals surface area contributed by atoms with E-state index in [1.807, 2.05) is 25.1 Å². The van der Waals surface area contributed by atoms with Crippen LogP contribution in [0.25, 0.3) is 0 Å². The summed E-state index contributed by atoms with van der Waals surface area (Å²) in [4.78, 5) is 28.3. The Hall–Kier alpha value is -2.40. The number of carbonyl (C=O) groups excluding carboxylic acids is 2. The van der Waals surface area contributed by atoms with Crippen molar-refractivity contribution in [3.05, 3.63) is 70.0 Å². The average molecular weight is 361 g/mol. The third-order valence-corrected chi connectivity index (χ3v) is 4.51. The minimum Gasteiger partial charge on any atom is -0.335 e. The quantitative estimate of drug-likeness (QED) is 0.823. The predicted octanol–water partition coefficient (Wildman–Crippen LogP) is 3.39. The molecule has 2 aromatic carbocycles. The lowest BCUT2D eigenvalue weighted by Crippen LogP contribution is -2.50. The average Bonchev–Trinajstić information content (AvgIpc) is 2.62. The summed E-state index contributed by atoms with van der Waals surface area (Å²) >= 11 is 5.85. The van der Waals surface area contributed by atoms with Crippen molar-refractivity contribution in [3.8, 4) is 0 Å². The molecule has 0 bridgehead atoms. The van der Waals surface area contributed by atoms with Crippen LogP contribution in [0.15, 0.2) is 42.5 Å². The molecule has 0 atom stereocenters. The fourth-order valence-electron chi connectivity index (χ4n) is 2.91. The van der Waals surface area contributed by atoms with Gasteiger partial charge in [-0.25, -0.2) is 4.39 Å². The highest BCUT2D eigenvalue weighted by Gasteiger charge is 2.27. The molecule has 1 aliphatic rings. The summed E-state index contributed by atoms with van der Waals surface area (Å²) in [5, 5.41) is 0.318. The second-order valence-electron chi connectivity index (χ2n) is 6.08. The summed E-state index contributed by atoms with van der Waals surface area (Å²) in [5.41, 5.74) is 1.63. The molecular weight excluding hydrogens is 343 g/mol. The topological polar surface area (TPSA) is 40.6 Å². The van der Waals surface area contributed by atoms with Crippen molar-refractivity contribution in [2.45, 2.75) is 6.92 Å². The van der Waals surface area contributed by atoms with Crippen LogP contribution in [0.5, 0.6) is 0 Å². The molecule has 0 saturated carbocycles. The summed E-state index contributed by atoms with van der Waals surface area (Å²) in [6.07, 6.45) is 0. The number of piperazine rings is 1. The number of amides is 2. The third-order valence-electron chi connectivity index (χ3n) is 4.28. The first-order chi connectivity index (χ1) is 12.0. The van der Waals surface area contributed by atoms with Gasteiger partial charge in [0.25, 0.3) is 11.8 Å². The van der Waals surface area contributed by atoms with Gasteiger partial charge in [0.1, 0.15) is 5.82 Å². The van der Waals surface area contributed by atoms with Crippen LogP contribution in [0.2, 0.25) is 5.02 Å². The first-order valence-corrected chi connectivity index (χ1v) is 8.44. The Balaban J connectivity index is 1.66. The van der Waals surface area contributed by atoms with Gasteiger partial charge in [0.05, 0.1) is 5.56 Å². The van der Waals surface area contributed by atoms with E-state index in [1.165, 1.54) is 18.2 Å². The number of aryl methyl sites for hydroxylation is 1. The van der Waals surface area contributed by atoms with Crippen LogP contribution in [0.4, 0.5) is 4.39 Å². The van der Waals surface area contributed by atoms with E-state index in [0.29, 0.717) is 36.8 Å². The molecule has 6 heteroatoms. The van der Waals surface area contributed by atoms with Crippen LogP contribution in [0.1, 0.15) is 26.3 Å². The SMILES string of the molecule is Cc1cccc(C(=O)N2CCN(C(=O)c3cc(Cl)ccc3F)CC2)c1. The van der Waals surface area contributed by atoms with Crippen molar-refractivity contribution in [1.29, 1.82) is 0 Å². The zero-order valence-electron chi connectivity index (χ0n) is 13.8. The third kappa shape index (κ3) is 3.82. The molecule has 0 aromatic heterocycles. The lowest BCUT2D eigenvalue weighted by atomic mass is 10.1. The molecule has 0 radical (unpaired) electrons. The predicted molar refractivity (Wildman–Crippen MR) is 94.4 cm³/mol. The first-order valence-electron chi connectivity index (χ1n) is 8.06. The lowest BCUT2D eigenvalue weighted by Gasteiger charge is -2.35. The van der Waals surface area contributed by atoms with E-state index in [-0.39, 0.29) is 11.5 Å². The summed E-state index contributed by atoms with van der Waals surface area (Å²) in [6, 6.07) is 11.4. The standard InChI is InChI=1S/C19H18ClFN2O2/c1-13-3-2-4-14(11-13)18(24)22-7-9-23(10-8-22)19(25)16-12-15(20)5-6-17(16)21/h2-6,11-12H,7-10H2,1H3. The van der Waals surface area contributed by atoms with Gasteiger partial charge in [-0.3, -0.25) is 9.59 Å². The van der Waals surface area contributed by atoms with Gasteiger partial charge in [0, 0.05) is 36.8 Å². The zero-order chi connectivity index (χ0) is 18.0. The molecule has 130 valence electrons. The minimum atomic E-state index is -0.590. The first kappa shape index (κ1) is 17.4. The Kier molecular flexibility index (Phi) is 5.04. The number of hydrogen-bond donors (Lipinski definition) is 0. The molecule has 0 spiro atoms. The lowest BCUT2D eigenvalue weighted by molar-refractivity contribution is 0.0533. The van der Waals surface area contributed by atoms with Crippen molar-refractivity contribution in [2.75, 3.05) is 26.2 Å². The van der Waals surface area contributed by atoms with Gasteiger partial charge in [-0.05, 0) is 37.3 Å². The van der Waals surface area contributed by atoms with Crippen molar-refractivity contribution >= 4 is 23.4 Å². The molecule has 1 heterocycles. The number of nitrogens with zero attached hydrogens (tertiary/aromatic N) is 2. The van der Waals surface area contributed by atoms with Crippen LogP contribution >= 0.6 is 11.6 Å². The van der Waals surface area contributed by atoms with Crippen LogP contribution in [-0.2, 0) is 0 Å². The maximum absolute atomic E-state index is 13.9. The van der Waals surface area contributed by atoms with E-state index in [0.717, 1.165) is 5.56 Å². The molecular formula is C19H18ClFN2O2. The summed E-state index contributed by atoms with van der Waals surface area (Å²) < 4.78 is 13.9. The van der Waals surface area contributed by atoms with E-state index in [4.69, 9.17) is 11.6 Å². The van der Waals surface area contributed by atoms with Gasteiger partial charge in [0.15, 0.2) is 0 Å². The van der Waals surface area contributed by atoms with E-state index in [2.05, 4.69) is 0 Å². The number of hydrogen-bond acceptors (Lipinski definition) is 2. The zero-order valence-corrected chi connectivity index (χ0v) is 14.6. The van der Waals surface area contributed by atoms with E-state index < -0.39 is 11.7 Å². The number of rotatable bonds is 2. The second kappa shape index (κ2) is 7.23. The van der Waals surface area contributed by atoms with Crippen molar-refractivity contribution < 1.29 is 14.0 Å². The fourth-order valence-corrected chi connectivity index (χ4v) is 3.08. The molecule has 2 aromatic rings. The fraction of sp³-hybridized carbons (Fsp3) is 0.263. The normalized spacial score (nSPS) is 14.5. The number of benzene rings is 2. The highest BCUT2D eigenvalue weighted by atomic mass is 35.5. The molecule has 1 aliphatic heterocycles. The monoisotopic (exact) mass is 360 g/mol. The Bertz CT molecular complexity index is 817. The van der Waals surface area contributed by atoms with Crippen LogP contribution in [0, 0.1) is 12.7 Å². The molecule has 0 aliphatic carbocycles. The van der Waals surface area contributed by atoms with Gasteiger partial charge in [-0.2, -0.15) is 0 Å². The molecule has 4 nitrogen and oxygen atoms in total. The molecule has 1 saturated heterocycles. The molecule has 2 amide bonds. The maximum atomic E-state index is 13.9. The van der Waals surface area contributed by atoms with Gasteiger partial charge >= 0.3 is 0 Å². The Morgan fingerprint density at radius 1 is 0.960 bits per heavy atom. The Morgan fingerprint density at radius 2 is 1.60 bits per heavy atom. The second-order valence-corrected chi connectivity index (χ2v) is 6.51. The molecule has 3 rings (SSSR count). The largest absolute Gasteiger partial charge is 0.335 e. The van der Waals surface area contributed by atoms with E-state index >= 15 is 0 Å². The van der Waals surface area contributed by atoms with Gasteiger partial charge < -0.3 is 9.80 Å². The van der Waals surface area contributed by atoms with Crippen molar-refractivity contribution in [1.82, 2.24) is 9.80 Å². The Morgan fingerprint density at radius 3 is 2.24 bits per heavy atom. The van der Waals surface area contributed by atoms with Gasteiger partial charge in [-0.1, -0.05) is 29.3 Å². The minimum absolute atomic E-state index is 0.0361. The maximum Gasteiger partial charge on any atom is 0.257 e. The van der Waals surface area contributed by atoms with Crippen LogP contribution < -0.4 is 0 Å². The highest BCUT2D eigenvalue weighted by molar-refractivity contribution is 6.31. The molecule has 25 heavy (non-hydrogen) atoms. The molecule has 0 unspecified atom stereocenters. The highest BCUT2D eigenvalue weighted by Crippen LogP contribution is 2.18. The molecule has 0 N–H and O–H groups in total. The summed E-state index contributed by atoms with van der Waals surface area (Å²) in [5.74, 6) is -1.04. The van der Waals surface area contributed by atoms with E-state index in [1.54, 1.807) is 15.9 Å². The summed E-state index contributed by atoms with van der Waals surface area (Å²) in [6.45, 7) is 3.50. The number of carbonyl (C=O) groups is 2. The summed E-state index contributed by atoms with van der Waals surface area (Å²) in [7, 11) is 0. The smallest absolute Gasteiger partial charge is 0.257 e. The Labute approximate surface area is 150 Å². The van der Waals surface area contributed by atoms with E-state index in [9.17, 15) is 14.0 Å². The van der Waals surface area contributed by atoms with Crippen molar-refractivity contribution in [2.24, 2.45) is 0 Å². The van der Waals surface area contributed by atoms with Crippen LogP contribution in [0.3, 0.4) is 0 Å². The van der Waals surface area contributed by atoms with Crippen molar-refractivity contribution in [3.63, 3.8) is 0 Å². The number of halogens is 2.